The van der Waals surface area contributed by atoms with E-state index >= 15 is 0 Å². The molecule has 1 aliphatic rings. The summed E-state index contributed by atoms with van der Waals surface area (Å²) in [5, 5.41) is 4.27. The lowest BCUT2D eigenvalue weighted by Gasteiger charge is -2.34. The quantitative estimate of drug-likeness (QED) is 0.349. The summed E-state index contributed by atoms with van der Waals surface area (Å²) in [7, 11) is -4.00. The van der Waals surface area contributed by atoms with Crippen LogP contribution in [-0.2, 0) is 25.4 Å². The van der Waals surface area contributed by atoms with E-state index in [1.807, 2.05) is 0 Å². The van der Waals surface area contributed by atoms with E-state index in [0.29, 0.717) is 23.4 Å². The van der Waals surface area contributed by atoms with Gasteiger partial charge in [-0.25, -0.2) is 13.3 Å². The van der Waals surface area contributed by atoms with Crippen molar-refractivity contribution in [3.8, 4) is 0 Å². The number of hydrogen-bond donors (Lipinski definition) is 3. The third-order valence-corrected chi connectivity index (χ3v) is 7.34. The fraction of sp³-hybridized carbons (Fsp3) is 0.375. The molecule has 0 saturated carbocycles. The monoisotopic (exact) mass is 570 g/mol. The lowest BCUT2D eigenvalue weighted by atomic mass is 10.2. The third-order valence-electron chi connectivity index (χ3n) is 6.10. The fourth-order valence-electron chi connectivity index (χ4n) is 4.21. The Hall–Kier alpha value is -3.85. The molecule has 39 heavy (non-hydrogen) atoms. The molecule has 0 spiro atoms. The lowest BCUT2D eigenvalue weighted by molar-refractivity contribution is -0.139. The van der Waals surface area contributed by atoms with Crippen molar-refractivity contribution in [3.05, 3.63) is 76.4 Å². The zero-order chi connectivity index (χ0) is 29.0. The molecule has 0 aliphatic carbocycles. The number of pyridine rings is 1. The number of hydrogen-bond acceptors (Lipinski definition) is 7. The van der Waals surface area contributed by atoms with Crippen LogP contribution in [0.2, 0.25) is 0 Å². The predicted molar refractivity (Wildman–Crippen MR) is 137 cm³/mol. The minimum atomic E-state index is -4.62. The van der Waals surface area contributed by atoms with Gasteiger partial charge in [-0.1, -0.05) is 36.9 Å². The Morgan fingerprint density at radius 3 is 2.44 bits per heavy atom. The first-order valence-electron chi connectivity index (χ1n) is 11.7. The Labute approximate surface area is 223 Å². The summed E-state index contributed by atoms with van der Waals surface area (Å²) in [6.45, 7) is 4.96. The first kappa shape index (κ1) is 29.7. The summed E-state index contributed by atoms with van der Waals surface area (Å²) < 4.78 is 67.1. The van der Waals surface area contributed by atoms with Gasteiger partial charge in [-0.3, -0.25) is 23.7 Å². The van der Waals surface area contributed by atoms with Crippen LogP contribution in [0.25, 0.3) is 0 Å². The Balaban J connectivity index is 2.00. The lowest BCUT2D eigenvalue weighted by Crippen LogP contribution is -2.48. The van der Waals surface area contributed by atoms with Crippen LogP contribution >= 0.6 is 0 Å². The van der Waals surface area contributed by atoms with E-state index in [0.717, 1.165) is 0 Å². The number of anilines is 1. The molecule has 15 heteroatoms. The van der Waals surface area contributed by atoms with Crippen molar-refractivity contribution in [1.29, 1.82) is 0 Å². The number of carbonyl (C=O) groups is 2. The largest absolute Gasteiger partial charge is 0.405 e. The second-order valence-electron chi connectivity index (χ2n) is 8.94. The number of sulfonamides is 1. The van der Waals surface area contributed by atoms with Crippen molar-refractivity contribution < 1.29 is 31.2 Å². The molecule has 0 radical (unpaired) electrons. The minimum absolute atomic E-state index is 0.106. The van der Waals surface area contributed by atoms with Crippen molar-refractivity contribution in [2.24, 2.45) is 0 Å². The molecule has 2 heterocycles. The normalized spacial score (nSPS) is 18.2. The number of halogens is 3. The van der Waals surface area contributed by atoms with Crippen molar-refractivity contribution >= 4 is 28.0 Å². The van der Waals surface area contributed by atoms with E-state index in [-0.39, 0.29) is 18.1 Å². The van der Waals surface area contributed by atoms with Gasteiger partial charge in [0.2, 0.25) is 22.3 Å². The molecule has 1 aromatic heterocycles. The second kappa shape index (κ2) is 11.9. The van der Waals surface area contributed by atoms with E-state index in [9.17, 15) is 36.0 Å². The number of benzene rings is 1. The van der Waals surface area contributed by atoms with E-state index in [1.165, 1.54) is 21.6 Å². The maximum Gasteiger partial charge on any atom is 0.405 e. The standard InChI is InChI=1S/C24H29F3N6O5S/c1-16-9-10-20(30-39(37,38)12-19-7-5-4-6-8-19)22(36)33(16)23-31(11-21(35)29-13-24(25,26)27)17(2)18(3)32(23)14-28-15-34/h4-10,15,18,23,30H,2,11-14H2,1,3H3,(H,28,34)(H,29,35). The number of nitrogens with one attached hydrogen (secondary N) is 3. The summed E-state index contributed by atoms with van der Waals surface area (Å²) in [5.74, 6) is -1.36. The average Bonchev–Trinajstić information content (AvgIpc) is 3.07. The van der Waals surface area contributed by atoms with Crippen LogP contribution < -0.4 is 20.9 Å². The van der Waals surface area contributed by atoms with Crippen LogP contribution in [0.1, 0.15) is 24.5 Å². The number of aryl methyl sites for hydroxylation is 1. The van der Waals surface area contributed by atoms with Crippen molar-refractivity contribution in [1.82, 2.24) is 25.0 Å². The smallest absolute Gasteiger partial charge is 0.346 e. The minimum Gasteiger partial charge on any atom is -0.346 e. The molecular formula is C24H29F3N6O5S. The van der Waals surface area contributed by atoms with Crippen LogP contribution in [0.4, 0.5) is 18.9 Å². The van der Waals surface area contributed by atoms with Gasteiger partial charge in [0, 0.05) is 11.4 Å². The molecule has 1 saturated heterocycles. The number of alkyl halides is 3. The van der Waals surface area contributed by atoms with Crippen molar-refractivity contribution in [3.63, 3.8) is 0 Å². The van der Waals surface area contributed by atoms with Gasteiger partial charge in [-0.2, -0.15) is 13.2 Å². The molecule has 2 unspecified atom stereocenters. The molecule has 1 fully saturated rings. The number of rotatable bonds is 11. The topological polar surface area (TPSA) is 133 Å². The molecule has 0 bridgehead atoms. The maximum absolute atomic E-state index is 13.6. The van der Waals surface area contributed by atoms with E-state index in [2.05, 4.69) is 16.6 Å². The maximum atomic E-state index is 13.6. The highest BCUT2D eigenvalue weighted by atomic mass is 32.2. The Kier molecular flexibility index (Phi) is 9.07. The molecule has 3 N–H and O–H groups in total. The van der Waals surface area contributed by atoms with E-state index in [4.69, 9.17) is 0 Å². The highest BCUT2D eigenvalue weighted by molar-refractivity contribution is 7.91. The van der Waals surface area contributed by atoms with Crippen LogP contribution in [-0.4, -0.2) is 67.1 Å². The zero-order valence-electron chi connectivity index (χ0n) is 21.2. The van der Waals surface area contributed by atoms with Gasteiger partial charge in [0.05, 0.1) is 25.0 Å². The van der Waals surface area contributed by atoms with Gasteiger partial charge in [0.15, 0.2) is 6.29 Å². The molecule has 212 valence electrons. The fourth-order valence-corrected chi connectivity index (χ4v) is 5.40. The van der Waals surface area contributed by atoms with Gasteiger partial charge < -0.3 is 15.5 Å². The van der Waals surface area contributed by atoms with E-state index in [1.54, 1.807) is 54.4 Å². The Bertz CT molecular complexity index is 1380. The summed E-state index contributed by atoms with van der Waals surface area (Å²) in [5.41, 5.74) is 0.119. The molecule has 1 aliphatic heterocycles. The summed E-state index contributed by atoms with van der Waals surface area (Å²) in [4.78, 5) is 40.0. The average molecular weight is 571 g/mol. The van der Waals surface area contributed by atoms with Gasteiger partial charge in [-0.05, 0) is 31.5 Å². The van der Waals surface area contributed by atoms with Gasteiger partial charge in [0.1, 0.15) is 12.2 Å². The van der Waals surface area contributed by atoms with Crippen LogP contribution in [0.15, 0.2) is 59.5 Å². The third kappa shape index (κ3) is 7.38. The first-order chi connectivity index (χ1) is 18.2. The number of amides is 2. The summed E-state index contributed by atoms with van der Waals surface area (Å²) in [6.07, 6.45) is -5.32. The van der Waals surface area contributed by atoms with Crippen molar-refractivity contribution in [2.75, 3.05) is 24.5 Å². The molecule has 2 aromatic rings. The Morgan fingerprint density at radius 2 is 1.82 bits per heavy atom. The molecule has 2 atom stereocenters. The van der Waals surface area contributed by atoms with Crippen LogP contribution in [0, 0.1) is 6.92 Å². The second-order valence-corrected chi connectivity index (χ2v) is 10.7. The molecular weight excluding hydrogens is 541 g/mol. The summed E-state index contributed by atoms with van der Waals surface area (Å²) in [6, 6.07) is 10.6. The van der Waals surface area contributed by atoms with Crippen molar-refractivity contribution in [2.45, 2.75) is 38.1 Å². The zero-order valence-corrected chi connectivity index (χ0v) is 22.1. The molecule has 11 nitrogen and oxygen atoms in total. The van der Waals surface area contributed by atoms with Gasteiger partial charge in [-0.15, -0.1) is 0 Å². The molecule has 3 rings (SSSR count). The predicted octanol–water partition coefficient (Wildman–Crippen LogP) is 1.46. The van der Waals surface area contributed by atoms with Gasteiger partial charge in [0.25, 0.3) is 5.56 Å². The Morgan fingerprint density at radius 1 is 1.15 bits per heavy atom. The SMILES string of the molecule is C=C1C(C)N(CNC=O)C(n2c(C)ccc(NS(=O)(=O)Cc3ccccc3)c2=O)N1CC(=O)NCC(F)(F)F. The number of carbonyl (C=O) groups excluding carboxylic acids is 2. The summed E-state index contributed by atoms with van der Waals surface area (Å²) >= 11 is 0. The highest BCUT2D eigenvalue weighted by Gasteiger charge is 2.43. The van der Waals surface area contributed by atoms with E-state index < -0.39 is 53.1 Å². The number of aromatic nitrogens is 1. The molecule has 1 aromatic carbocycles. The van der Waals surface area contributed by atoms with Crippen LogP contribution in [0.5, 0.6) is 0 Å². The first-order valence-corrected chi connectivity index (χ1v) is 13.4. The number of nitrogens with zero attached hydrogens (tertiary/aromatic N) is 3. The molecule has 2 amide bonds. The highest BCUT2D eigenvalue weighted by Crippen LogP contribution is 2.35. The van der Waals surface area contributed by atoms with Crippen LogP contribution in [0.3, 0.4) is 0 Å². The van der Waals surface area contributed by atoms with Gasteiger partial charge >= 0.3 is 6.18 Å².